The average Bonchev–Trinajstić information content (AvgIpc) is 3.03. The van der Waals surface area contributed by atoms with E-state index in [9.17, 15) is 37.3 Å². The molecule has 1 aromatic rings. The Hall–Kier alpha value is -2.12. The number of benzene rings is 1. The first-order valence-corrected chi connectivity index (χ1v) is 11.1. The molecule has 4 atom stereocenters. The first-order valence-electron chi connectivity index (χ1n) is 9.54. The summed E-state index contributed by atoms with van der Waals surface area (Å²) in [7, 11) is -4.44. The van der Waals surface area contributed by atoms with E-state index in [0.29, 0.717) is 6.07 Å². The Kier molecular flexibility index (Phi) is 6.40. The Morgan fingerprint density at radius 3 is 2.55 bits per heavy atom. The van der Waals surface area contributed by atoms with Crippen LogP contribution >= 0.6 is 0 Å². The second-order valence-corrected chi connectivity index (χ2v) is 9.35. The summed E-state index contributed by atoms with van der Waals surface area (Å²) in [5, 5.41) is 27.5. The van der Waals surface area contributed by atoms with E-state index in [1.165, 1.54) is 0 Å². The molecular formula is C19H23F2NO8S. The van der Waals surface area contributed by atoms with Crippen molar-refractivity contribution in [2.75, 3.05) is 17.9 Å². The molecule has 4 N–H and O–H groups in total. The second kappa shape index (κ2) is 8.43. The molecule has 12 heteroatoms. The third kappa shape index (κ3) is 4.30. The van der Waals surface area contributed by atoms with Gasteiger partial charge in [-0.2, -0.15) is 0 Å². The van der Waals surface area contributed by atoms with Gasteiger partial charge in [0.15, 0.2) is 5.79 Å². The third-order valence-corrected chi connectivity index (χ3v) is 7.36. The van der Waals surface area contributed by atoms with Crippen LogP contribution in [0.5, 0.6) is 0 Å². The van der Waals surface area contributed by atoms with Crippen molar-refractivity contribution < 1.29 is 46.8 Å². The Labute approximate surface area is 177 Å². The molecule has 9 nitrogen and oxygen atoms in total. The lowest BCUT2D eigenvalue weighted by molar-refractivity contribution is -0.171. The van der Waals surface area contributed by atoms with Crippen molar-refractivity contribution in [1.29, 1.82) is 0 Å². The lowest BCUT2D eigenvalue weighted by atomic mass is 9.93. The topological polar surface area (TPSA) is 142 Å². The van der Waals surface area contributed by atoms with Crippen LogP contribution in [0.25, 0.3) is 0 Å². The average molecular weight is 463 g/mol. The normalized spacial score (nSPS) is 30.9. The Bertz CT molecular complexity index is 995. The fourth-order valence-corrected chi connectivity index (χ4v) is 5.46. The maximum Gasteiger partial charge on any atom is 0.332 e. The van der Waals surface area contributed by atoms with E-state index in [0.717, 1.165) is 18.2 Å². The summed E-state index contributed by atoms with van der Waals surface area (Å²) < 4.78 is 66.3. The monoisotopic (exact) mass is 463 g/mol. The van der Waals surface area contributed by atoms with Crippen LogP contribution in [0.1, 0.15) is 26.2 Å². The van der Waals surface area contributed by atoms with Crippen molar-refractivity contribution in [1.82, 2.24) is 0 Å². The van der Waals surface area contributed by atoms with E-state index >= 15 is 0 Å². The molecule has 31 heavy (non-hydrogen) atoms. The summed E-state index contributed by atoms with van der Waals surface area (Å²) in [5.74, 6) is -5.25. The Morgan fingerprint density at radius 2 is 2.03 bits per heavy atom. The van der Waals surface area contributed by atoms with Crippen molar-refractivity contribution in [2.24, 2.45) is 0 Å². The quantitative estimate of drug-likeness (QED) is 0.471. The van der Waals surface area contributed by atoms with E-state index in [2.05, 4.69) is 0 Å². The van der Waals surface area contributed by atoms with Crippen LogP contribution in [-0.2, 0) is 24.3 Å². The van der Waals surface area contributed by atoms with Crippen LogP contribution in [0, 0.1) is 11.6 Å². The summed E-state index contributed by atoms with van der Waals surface area (Å²) in [6, 6.07) is 2.25. The van der Waals surface area contributed by atoms with Crippen LogP contribution < -0.4 is 4.72 Å². The molecule has 0 aromatic heterocycles. The zero-order chi connectivity index (χ0) is 23.0. The van der Waals surface area contributed by atoms with Gasteiger partial charge in [-0.15, -0.1) is 0 Å². The molecule has 2 aliphatic rings. The summed E-state index contributed by atoms with van der Waals surface area (Å²) in [6.45, 7) is 0.694. The highest BCUT2D eigenvalue weighted by molar-refractivity contribution is 7.93. The lowest BCUT2D eigenvalue weighted by Crippen LogP contribution is -2.46. The van der Waals surface area contributed by atoms with Crippen LogP contribution in [-0.4, -0.2) is 65.7 Å². The highest BCUT2D eigenvalue weighted by Crippen LogP contribution is 2.46. The van der Waals surface area contributed by atoms with Gasteiger partial charge < -0.3 is 24.8 Å². The van der Waals surface area contributed by atoms with E-state index in [1.807, 2.05) is 4.72 Å². The summed E-state index contributed by atoms with van der Waals surface area (Å²) in [6.07, 6.45) is -0.0493. The van der Waals surface area contributed by atoms with Crippen LogP contribution in [0.4, 0.5) is 14.5 Å². The molecule has 172 valence electrons. The molecule has 1 saturated heterocycles. The van der Waals surface area contributed by atoms with Gasteiger partial charge in [0.1, 0.15) is 28.6 Å². The van der Waals surface area contributed by atoms with Gasteiger partial charge >= 0.3 is 5.97 Å². The van der Waals surface area contributed by atoms with Crippen molar-refractivity contribution in [2.45, 2.75) is 48.9 Å². The zero-order valence-corrected chi connectivity index (χ0v) is 17.4. The number of carbonyl (C=O) groups is 1. The number of anilines is 1. The molecular weight excluding hydrogens is 440 g/mol. The minimum atomic E-state index is -4.44. The number of sulfonamides is 1. The van der Waals surface area contributed by atoms with Crippen LogP contribution in [0.3, 0.4) is 0 Å². The molecule has 0 bridgehead atoms. The zero-order valence-electron chi connectivity index (χ0n) is 16.5. The predicted octanol–water partition coefficient (Wildman–Crippen LogP) is 1.12. The predicted molar refractivity (Wildman–Crippen MR) is 104 cm³/mol. The van der Waals surface area contributed by atoms with Crippen molar-refractivity contribution in [3.05, 3.63) is 41.5 Å². The smallest absolute Gasteiger partial charge is 0.332 e. The summed E-state index contributed by atoms with van der Waals surface area (Å²) in [4.78, 5) is 11.9. The largest absolute Gasteiger partial charge is 0.478 e. The molecule has 1 aliphatic heterocycles. The molecule has 1 aromatic carbocycles. The maximum atomic E-state index is 13.9. The number of aliphatic hydroxyl groups excluding tert-OH is 2. The molecule has 1 heterocycles. The van der Waals surface area contributed by atoms with Crippen LogP contribution in [0.2, 0.25) is 0 Å². The number of aliphatic hydroxyl groups is 2. The fourth-order valence-electron chi connectivity index (χ4n) is 3.91. The van der Waals surface area contributed by atoms with Gasteiger partial charge in [-0.25, -0.2) is 22.0 Å². The van der Waals surface area contributed by atoms with Crippen LogP contribution in [0.15, 0.2) is 29.8 Å². The second-order valence-electron chi connectivity index (χ2n) is 7.48. The SMILES string of the molecule is CC[C@@]1(CO)OC2(C=C(C(=O)O)C(S(=O)(=O)Nc3ccc(F)cc3F)CC2)O[C@H]1CO. The van der Waals surface area contributed by atoms with Gasteiger partial charge in [0.2, 0.25) is 10.0 Å². The van der Waals surface area contributed by atoms with Gasteiger partial charge in [0, 0.05) is 12.5 Å². The standard InChI is InChI=1S/C19H23F2NO8S/c1-2-18(10-24)16(9-23)29-19(30-18)6-5-15(12(8-19)17(25)26)31(27,28)22-14-4-3-11(20)7-13(14)21/h3-4,7-8,15-16,22-24H,2,5-6,9-10H2,1H3,(H,25,26)/t15?,16-,18-,19?/m0/s1. The number of carboxylic acids is 1. The molecule has 1 spiro atoms. The number of nitrogens with one attached hydrogen (secondary N) is 1. The van der Waals surface area contributed by atoms with E-state index in [1.54, 1.807) is 6.92 Å². The van der Waals surface area contributed by atoms with Gasteiger partial charge in [-0.1, -0.05) is 6.92 Å². The number of halogens is 2. The van der Waals surface area contributed by atoms with Gasteiger partial charge in [-0.05, 0) is 31.1 Å². The highest BCUT2D eigenvalue weighted by atomic mass is 32.2. The number of rotatable bonds is 7. The van der Waals surface area contributed by atoms with Crippen molar-refractivity contribution in [3.8, 4) is 0 Å². The molecule has 0 radical (unpaired) electrons. The lowest BCUT2D eigenvalue weighted by Gasteiger charge is -2.34. The number of hydrogen-bond donors (Lipinski definition) is 4. The number of hydrogen-bond acceptors (Lipinski definition) is 7. The van der Waals surface area contributed by atoms with Crippen molar-refractivity contribution >= 4 is 21.7 Å². The van der Waals surface area contributed by atoms with Gasteiger partial charge in [0.05, 0.1) is 24.5 Å². The summed E-state index contributed by atoms with van der Waals surface area (Å²) in [5.41, 5.74) is -2.37. The Morgan fingerprint density at radius 1 is 1.32 bits per heavy atom. The Balaban J connectivity index is 1.95. The number of aliphatic carboxylic acids is 1. The van der Waals surface area contributed by atoms with E-state index in [-0.39, 0.29) is 19.3 Å². The third-order valence-electron chi connectivity index (χ3n) is 5.62. The summed E-state index contributed by atoms with van der Waals surface area (Å²) >= 11 is 0. The minimum Gasteiger partial charge on any atom is -0.478 e. The number of carboxylic acid groups (broad SMARTS) is 1. The van der Waals surface area contributed by atoms with Crippen molar-refractivity contribution in [3.63, 3.8) is 0 Å². The molecule has 3 rings (SSSR count). The molecule has 1 fully saturated rings. The number of ether oxygens (including phenoxy) is 2. The van der Waals surface area contributed by atoms with Gasteiger partial charge in [0.25, 0.3) is 0 Å². The first-order chi connectivity index (χ1) is 14.5. The molecule has 2 unspecified atom stereocenters. The molecule has 1 aliphatic carbocycles. The first kappa shape index (κ1) is 23.5. The minimum absolute atomic E-state index is 0.0977. The molecule has 0 amide bonds. The van der Waals surface area contributed by atoms with Gasteiger partial charge in [-0.3, -0.25) is 4.72 Å². The van der Waals surface area contributed by atoms with E-state index < -0.39 is 74.8 Å². The molecule has 0 saturated carbocycles. The highest BCUT2D eigenvalue weighted by Gasteiger charge is 2.57. The fraction of sp³-hybridized carbons (Fsp3) is 0.526. The maximum absolute atomic E-state index is 13.9. The van der Waals surface area contributed by atoms with E-state index in [4.69, 9.17) is 9.47 Å².